The van der Waals surface area contributed by atoms with Crippen molar-refractivity contribution in [2.75, 3.05) is 52.0 Å². The summed E-state index contributed by atoms with van der Waals surface area (Å²) in [5.74, 6) is -2.03. The van der Waals surface area contributed by atoms with Crippen LogP contribution in [0.5, 0.6) is 11.5 Å². The molecule has 2 aliphatic rings. The van der Waals surface area contributed by atoms with E-state index in [1.807, 2.05) is 0 Å². The Hall–Kier alpha value is -3.53. The number of amides is 1. The summed E-state index contributed by atoms with van der Waals surface area (Å²) in [7, 11) is 3.21. The lowest BCUT2D eigenvalue weighted by Crippen LogP contribution is -2.44. The van der Waals surface area contributed by atoms with Gasteiger partial charge in [0.25, 0.3) is 5.91 Å². The van der Waals surface area contributed by atoms with E-state index >= 15 is 4.39 Å². The highest BCUT2D eigenvalue weighted by atomic mass is 35.5. The topological polar surface area (TPSA) is 82.6 Å². The van der Waals surface area contributed by atoms with Crippen LogP contribution in [0.4, 0.5) is 10.1 Å². The van der Waals surface area contributed by atoms with E-state index in [0.717, 1.165) is 51.1 Å². The molecule has 0 bridgehead atoms. The second-order valence-corrected chi connectivity index (χ2v) is 10.3. The Morgan fingerprint density at radius 3 is 2.38 bits per heavy atom. The molecule has 0 atom stereocenters. The average Bonchev–Trinajstić information content (AvgIpc) is 2.93. The first-order valence-electron chi connectivity index (χ1n) is 12.3. The Labute approximate surface area is 235 Å². The van der Waals surface area contributed by atoms with E-state index in [1.54, 1.807) is 30.3 Å². The first kappa shape index (κ1) is 27.1. The molecule has 3 aromatic rings. The van der Waals surface area contributed by atoms with E-state index in [1.165, 1.54) is 4.90 Å². The molecule has 0 aromatic heterocycles. The number of hydrogen-bond acceptors (Lipinski definition) is 7. The summed E-state index contributed by atoms with van der Waals surface area (Å²) in [6.45, 7) is 3.55. The van der Waals surface area contributed by atoms with Gasteiger partial charge in [0.05, 0.1) is 29.3 Å². The third kappa shape index (κ3) is 5.22. The van der Waals surface area contributed by atoms with Crippen LogP contribution >= 0.6 is 23.2 Å². The molecule has 0 saturated carbocycles. The SMILES string of the molecule is COC(=O)c1cc(F)c(-c2cccc3c2OCN(C(=O)c2c(Cl)cc(N4CCN(C)CC4)cc2Cl)C3)cc1O. The molecule has 204 valence electrons. The molecule has 0 aliphatic carbocycles. The van der Waals surface area contributed by atoms with E-state index < -0.39 is 23.4 Å². The van der Waals surface area contributed by atoms with Gasteiger partial charge in [-0.25, -0.2) is 9.18 Å². The summed E-state index contributed by atoms with van der Waals surface area (Å²) >= 11 is 13.1. The predicted octanol–water partition coefficient (Wildman–Crippen LogP) is 5.04. The van der Waals surface area contributed by atoms with Crippen LogP contribution in [-0.4, -0.2) is 73.9 Å². The smallest absolute Gasteiger partial charge is 0.341 e. The van der Waals surface area contributed by atoms with Crippen molar-refractivity contribution in [1.29, 1.82) is 0 Å². The van der Waals surface area contributed by atoms with Gasteiger partial charge in [-0.15, -0.1) is 0 Å². The van der Waals surface area contributed by atoms with Crippen LogP contribution in [-0.2, 0) is 11.3 Å². The fourth-order valence-electron chi connectivity index (χ4n) is 4.83. The van der Waals surface area contributed by atoms with Gasteiger partial charge >= 0.3 is 5.97 Å². The summed E-state index contributed by atoms with van der Waals surface area (Å²) in [4.78, 5) is 31.2. The number of likely N-dealkylation sites (N-methyl/N-ethyl adjacent to an activating group) is 1. The highest BCUT2D eigenvalue weighted by molar-refractivity contribution is 6.40. The van der Waals surface area contributed by atoms with E-state index in [9.17, 15) is 14.7 Å². The van der Waals surface area contributed by atoms with Crippen molar-refractivity contribution in [3.63, 3.8) is 0 Å². The number of hydrogen-bond donors (Lipinski definition) is 1. The van der Waals surface area contributed by atoms with Gasteiger partial charge < -0.3 is 29.3 Å². The van der Waals surface area contributed by atoms with Crippen LogP contribution in [0, 0.1) is 5.82 Å². The molecule has 2 heterocycles. The molecule has 8 nitrogen and oxygen atoms in total. The Morgan fingerprint density at radius 2 is 1.72 bits per heavy atom. The second-order valence-electron chi connectivity index (χ2n) is 9.49. The monoisotopic (exact) mass is 573 g/mol. The average molecular weight is 574 g/mol. The molecule has 1 fully saturated rings. The molecule has 0 radical (unpaired) electrons. The Balaban J connectivity index is 1.40. The maximum atomic E-state index is 15.0. The number of aromatic hydroxyl groups is 1. The standard InChI is InChI=1S/C28H26Cl2FN3O5/c1-32-6-8-33(9-7-32)17-10-21(29)25(22(30)11-17)27(36)34-14-16-4-3-5-18(26(16)39-15-34)19-13-24(35)20(12-23(19)31)28(37)38-2/h3-5,10-13,35H,6-9,14-15H2,1-2H3. The van der Waals surface area contributed by atoms with Crippen LogP contribution in [0.3, 0.4) is 0 Å². The highest BCUT2D eigenvalue weighted by Gasteiger charge is 2.29. The molecule has 1 amide bonds. The molecule has 5 rings (SSSR count). The Kier molecular flexibility index (Phi) is 7.57. The lowest BCUT2D eigenvalue weighted by atomic mass is 9.98. The first-order chi connectivity index (χ1) is 18.7. The van der Waals surface area contributed by atoms with Gasteiger partial charge in [0, 0.05) is 48.6 Å². The van der Waals surface area contributed by atoms with Gasteiger partial charge in [-0.3, -0.25) is 4.79 Å². The zero-order valence-corrected chi connectivity index (χ0v) is 22.9. The number of carbonyl (C=O) groups is 2. The van der Waals surface area contributed by atoms with Gasteiger partial charge in [0.1, 0.15) is 22.9 Å². The Morgan fingerprint density at radius 1 is 1.03 bits per heavy atom. The fourth-order valence-corrected chi connectivity index (χ4v) is 5.46. The lowest BCUT2D eigenvalue weighted by Gasteiger charge is -2.34. The van der Waals surface area contributed by atoms with Crippen molar-refractivity contribution in [2.24, 2.45) is 0 Å². The van der Waals surface area contributed by atoms with E-state index in [0.29, 0.717) is 16.9 Å². The van der Waals surface area contributed by atoms with Crippen molar-refractivity contribution in [3.8, 4) is 22.6 Å². The minimum absolute atomic E-state index is 0.0439. The molecule has 0 spiro atoms. The molecule has 1 saturated heterocycles. The van der Waals surface area contributed by atoms with Crippen molar-refractivity contribution >= 4 is 40.8 Å². The van der Waals surface area contributed by atoms with Crippen LogP contribution in [0.1, 0.15) is 26.3 Å². The maximum Gasteiger partial charge on any atom is 0.341 e. The number of phenols is 1. The molecule has 1 N–H and O–H groups in total. The van der Waals surface area contributed by atoms with Crippen molar-refractivity contribution in [2.45, 2.75) is 6.54 Å². The van der Waals surface area contributed by atoms with Crippen molar-refractivity contribution in [1.82, 2.24) is 9.80 Å². The first-order valence-corrected chi connectivity index (χ1v) is 13.0. The van der Waals surface area contributed by atoms with Crippen molar-refractivity contribution in [3.05, 3.63) is 75.0 Å². The number of benzene rings is 3. The third-order valence-electron chi connectivity index (χ3n) is 7.00. The molecule has 39 heavy (non-hydrogen) atoms. The number of halogens is 3. The van der Waals surface area contributed by atoms with Crippen LogP contribution in [0.25, 0.3) is 11.1 Å². The molecule has 0 unspecified atom stereocenters. The number of ether oxygens (including phenoxy) is 2. The van der Waals surface area contributed by atoms with E-state index in [4.69, 9.17) is 27.9 Å². The highest BCUT2D eigenvalue weighted by Crippen LogP contribution is 2.40. The summed E-state index contributed by atoms with van der Waals surface area (Å²) < 4.78 is 25.5. The van der Waals surface area contributed by atoms with Crippen LogP contribution in [0.15, 0.2) is 42.5 Å². The van der Waals surface area contributed by atoms with Gasteiger partial charge in [-0.1, -0.05) is 41.4 Å². The number of fused-ring (bicyclic) bond motifs is 1. The number of phenolic OH excluding ortho intramolecular Hbond substituents is 1. The zero-order chi connectivity index (χ0) is 27.8. The van der Waals surface area contributed by atoms with Gasteiger partial charge in [0.2, 0.25) is 0 Å². The third-order valence-corrected chi connectivity index (χ3v) is 7.60. The minimum Gasteiger partial charge on any atom is -0.507 e. The largest absolute Gasteiger partial charge is 0.507 e. The lowest BCUT2D eigenvalue weighted by molar-refractivity contribution is 0.0515. The van der Waals surface area contributed by atoms with Crippen LogP contribution in [0.2, 0.25) is 10.0 Å². The number of para-hydroxylation sites is 1. The van der Waals surface area contributed by atoms with Gasteiger partial charge in [-0.2, -0.15) is 0 Å². The number of rotatable bonds is 4. The number of methoxy groups -OCH3 is 1. The molecule has 2 aliphatic heterocycles. The minimum atomic E-state index is -0.854. The molecule has 3 aromatic carbocycles. The zero-order valence-electron chi connectivity index (χ0n) is 21.3. The number of esters is 1. The molecular formula is C28H26Cl2FN3O5. The summed E-state index contributed by atoms with van der Waals surface area (Å²) in [5, 5.41) is 10.8. The molecular weight excluding hydrogens is 548 g/mol. The Bertz CT molecular complexity index is 1440. The number of carbonyl (C=O) groups excluding carboxylic acids is 2. The van der Waals surface area contributed by atoms with E-state index in [2.05, 4.69) is 21.6 Å². The van der Waals surface area contributed by atoms with Gasteiger partial charge in [0.15, 0.2) is 6.73 Å². The summed E-state index contributed by atoms with van der Waals surface area (Å²) in [5.41, 5.74) is 1.81. The number of nitrogens with zero attached hydrogens (tertiary/aromatic N) is 3. The second kappa shape index (κ2) is 10.9. The van der Waals surface area contributed by atoms with Crippen LogP contribution < -0.4 is 9.64 Å². The maximum absolute atomic E-state index is 15.0. The van der Waals surface area contributed by atoms with Gasteiger partial charge in [-0.05, 0) is 31.3 Å². The fraction of sp³-hybridized carbons (Fsp3) is 0.286. The normalized spacial score (nSPS) is 15.5. The number of anilines is 1. The molecule has 11 heteroatoms. The van der Waals surface area contributed by atoms with E-state index in [-0.39, 0.29) is 40.0 Å². The summed E-state index contributed by atoms with van der Waals surface area (Å²) in [6.07, 6.45) is 0. The predicted molar refractivity (Wildman–Crippen MR) is 146 cm³/mol. The van der Waals surface area contributed by atoms with Crippen molar-refractivity contribution < 1.29 is 28.6 Å². The quantitative estimate of drug-likeness (QED) is 0.438. The summed E-state index contributed by atoms with van der Waals surface area (Å²) in [6, 6.07) is 10.7. The number of piperazine rings is 1.